The number of aromatic nitrogens is 2. The molecule has 0 saturated carbocycles. The van der Waals surface area contributed by atoms with E-state index in [4.69, 9.17) is 5.73 Å². The van der Waals surface area contributed by atoms with Gasteiger partial charge in [0.25, 0.3) is 0 Å². The highest BCUT2D eigenvalue weighted by atomic mass is 16.2. The van der Waals surface area contributed by atoms with Crippen molar-refractivity contribution in [3.8, 4) is 0 Å². The summed E-state index contributed by atoms with van der Waals surface area (Å²) in [6.45, 7) is 8.56. The number of carbonyl (C=O) groups excluding carboxylic acids is 1. The first-order valence-electron chi connectivity index (χ1n) is 6.07. The molecule has 1 amide bonds. The molecule has 0 fully saturated rings. The second kappa shape index (κ2) is 6.18. The van der Waals surface area contributed by atoms with E-state index in [1.54, 1.807) is 13.0 Å². The Hall–Kier alpha value is -1.85. The molecule has 0 aromatic carbocycles. The van der Waals surface area contributed by atoms with E-state index in [9.17, 15) is 4.79 Å². The Morgan fingerprint density at radius 3 is 2.67 bits per heavy atom. The molecule has 18 heavy (non-hydrogen) atoms. The summed E-state index contributed by atoms with van der Waals surface area (Å²) < 4.78 is 0. The SMILES string of the molecule is CCN(CC(=O)NC(C)C)c1cc(N)nc(C)n1. The van der Waals surface area contributed by atoms with Crippen molar-refractivity contribution >= 4 is 17.5 Å². The van der Waals surface area contributed by atoms with E-state index in [2.05, 4.69) is 15.3 Å². The van der Waals surface area contributed by atoms with Crippen LogP contribution in [0, 0.1) is 6.92 Å². The second-order valence-electron chi connectivity index (χ2n) is 4.43. The first-order valence-corrected chi connectivity index (χ1v) is 6.07. The van der Waals surface area contributed by atoms with Crippen molar-refractivity contribution in [2.45, 2.75) is 33.7 Å². The van der Waals surface area contributed by atoms with Crippen molar-refractivity contribution in [3.05, 3.63) is 11.9 Å². The summed E-state index contributed by atoms with van der Waals surface area (Å²) in [6.07, 6.45) is 0. The maximum atomic E-state index is 11.7. The number of rotatable bonds is 5. The van der Waals surface area contributed by atoms with Crippen LogP contribution in [0.3, 0.4) is 0 Å². The smallest absolute Gasteiger partial charge is 0.239 e. The van der Waals surface area contributed by atoms with Crippen molar-refractivity contribution in [3.63, 3.8) is 0 Å². The number of aryl methyl sites for hydroxylation is 1. The zero-order chi connectivity index (χ0) is 13.7. The molecular weight excluding hydrogens is 230 g/mol. The first kappa shape index (κ1) is 14.2. The van der Waals surface area contributed by atoms with Gasteiger partial charge in [0.15, 0.2) is 0 Å². The number of nitrogens with one attached hydrogen (secondary N) is 1. The fraction of sp³-hybridized carbons (Fsp3) is 0.583. The standard InChI is InChI=1S/C12H21N5O/c1-5-17(7-12(18)14-8(2)3)11-6-10(13)15-9(4)16-11/h6,8H,5,7H2,1-4H3,(H,14,18)(H2,13,15,16). The molecule has 6 heteroatoms. The summed E-state index contributed by atoms with van der Waals surface area (Å²) in [4.78, 5) is 21.9. The lowest BCUT2D eigenvalue weighted by Gasteiger charge is -2.22. The van der Waals surface area contributed by atoms with Crippen LogP contribution >= 0.6 is 0 Å². The Morgan fingerprint density at radius 2 is 2.17 bits per heavy atom. The average Bonchev–Trinajstić information content (AvgIpc) is 2.23. The molecule has 1 rings (SSSR count). The molecule has 0 atom stereocenters. The van der Waals surface area contributed by atoms with Crippen LogP contribution in [-0.2, 0) is 4.79 Å². The molecule has 3 N–H and O–H groups in total. The molecule has 0 aliphatic heterocycles. The third-order valence-electron chi connectivity index (χ3n) is 2.33. The summed E-state index contributed by atoms with van der Waals surface area (Å²) in [5.41, 5.74) is 5.69. The molecule has 1 aromatic heterocycles. The molecule has 1 heterocycles. The van der Waals surface area contributed by atoms with Crippen LogP contribution in [0.1, 0.15) is 26.6 Å². The van der Waals surface area contributed by atoms with Crippen LogP contribution in [0.2, 0.25) is 0 Å². The van der Waals surface area contributed by atoms with Gasteiger partial charge in [-0.15, -0.1) is 0 Å². The topological polar surface area (TPSA) is 84.1 Å². The van der Waals surface area contributed by atoms with Gasteiger partial charge in [-0.2, -0.15) is 0 Å². The van der Waals surface area contributed by atoms with Crippen LogP contribution in [0.25, 0.3) is 0 Å². The Morgan fingerprint density at radius 1 is 1.50 bits per heavy atom. The minimum absolute atomic E-state index is 0.0262. The first-order chi connectivity index (χ1) is 8.42. The Kier molecular flexibility index (Phi) is 4.88. The van der Waals surface area contributed by atoms with E-state index in [1.807, 2.05) is 25.7 Å². The van der Waals surface area contributed by atoms with Gasteiger partial charge < -0.3 is 16.0 Å². The number of amides is 1. The summed E-state index contributed by atoms with van der Waals surface area (Å²) >= 11 is 0. The van der Waals surface area contributed by atoms with Crippen molar-refractivity contribution in [1.29, 1.82) is 0 Å². The summed E-state index contributed by atoms with van der Waals surface area (Å²) in [6, 6.07) is 1.81. The zero-order valence-corrected chi connectivity index (χ0v) is 11.4. The highest BCUT2D eigenvalue weighted by Crippen LogP contribution is 2.13. The van der Waals surface area contributed by atoms with Gasteiger partial charge in [-0.05, 0) is 27.7 Å². The zero-order valence-electron chi connectivity index (χ0n) is 11.4. The van der Waals surface area contributed by atoms with Crippen molar-refractivity contribution in [2.24, 2.45) is 0 Å². The summed E-state index contributed by atoms with van der Waals surface area (Å²) in [5, 5.41) is 2.85. The van der Waals surface area contributed by atoms with Gasteiger partial charge in [0.2, 0.25) is 5.91 Å². The van der Waals surface area contributed by atoms with E-state index in [0.29, 0.717) is 24.0 Å². The number of carbonyl (C=O) groups is 1. The fourth-order valence-electron chi connectivity index (χ4n) is 1.63. The number of anilines is 2. The molecule has 1 aromatic rings. The van der Waals surface area contributed by atoms with Gasteiger partial charge in [0.05, 0.1) is 6.54 Å². The molecule has 0 unspecified atom stereocenters. The maximum absolute atomic E-state index is 11.7. The third kappa shape index (κ3) is 4.20. The van der Waals surface area contributed by atoms with Crippen LogP contribution in [0.15, 0.2) is 6.07 Å². The molecule has 0 bridgehead atoms. The minimum Gasteiger partial charge on any atom is -0.384 e. The maximum Gasteiger partial charge on any atom is 0.239 e. The van der Waals surface area contributed by atoms with Crippen LogP contribution in [0.5, 0.6) is 0 Å². The number of nitrogen functional groups attached to an aromatic ring is 1. The van der Waals surface area contributed by atoms with Gasteiger partial charge in [0.1, 0.15) is 17.5 Å². The summed E-state index contributed by atoms with van der Waals surface area (Å²) in [5.74, 6) is 1.68. The number of nitrogens with two attached hydrogens (primary N) is 1. The van der Waals surface area contributed by atoms with Crippen LogP contribution < -0.4 is 16.0 Å². The molecule has 0 spiro atoms. The van der Waals surface area contributed by atoms with Gasteiger partial charge >= 0.3 is 0 Å². The molecule has 100 valence electrons. The highest BCUT2D eigenvalue weighted by Gasteiger charge is 2.13. The van der Waals surface area contributed by atoms with E-state index in [1.165, 1.54) is 0 Å². The van der Waals surface area contributed by atoms with Gasteiger partial charge in [-0.25, -0.2) is 9.97 Å². The number of nitrogens with zero attached hydrogens (tertiary/aromatic N) is 3. The largest absolute Gasteiger partial charge is 0.384 e. The highest BCUT2D eigenvalue weighted by molar-refractivity contribution is 5.81. The van der Waals surface area contributed by atoms with Gasteiger partial charge in [0, 0.05) is 18.7 Å². The Bertz CT molecular complexity index is 399. The van der Waals surface area contributed by atoms with Crippen molar-refractivity contribution < 1.29 is 4.79 Å². The summed E-state index contributed by atoms with van der Waals surface area (Å²) in [7, 11) is 0. The van der Waals surface area contributed by atoms with E-state index in [-0.39, 0.29) is 18.5 Å². The van der Waals surface area contributed by atoms with Crippen LogP contribution in [-0.4, -0.2) is 35.0 Å². The third-order valence-corrected chi connectivity index (χ3v) is 2.33. The number of likely N-dealkylation sites (N-methyl/N-ethyl adjacent to an activating group) is 1. The molecule has 0 aliphatic rings. The van der Waals surface area contributed by atoms with Crippen molar-refractivity contribution in [2.75, 3.05) is 23.7 Å². The number of hydrogen-bond donors (Lipinski definition) is 2. The normalized spacial score (nSPS) is 10.5. The molecular formula is C12H21N5O. The van der Waals surface area contributed by atoms with Gasteiger partial charge in [-0.3, -0.25) is 4.79 Å². The quantitative estimate of drug-likeness (QED) is 0.805. The molecule has 0 radical (unpaired) electrons. The lowest BCUT2D eigenvalue weighted by Crippen LogP contribution is -2.40. The lowest BCUT2D eigenvalue weighted by atomic mass is 10.3. The monoisotopic (exact) mass is 251 g/mol. The fourth-order valence-corrected chi connectivity index (χ4v) is 1.63. The van der Waals surface area contributed by atoms with Crippen molar-refractivity contribution in [1.82, 2.24) is 15.3 Å². The van der Waals surface area contributed by atoms with E-state index in [0.717, 1.165) is 0 Å². The van der Waals surface area contributed by atoms with E-state index < -0.39 is 0 Å². The Labute approximate surface area is 108 Å². The molecule has 0 saturated heterocycles. The predicted molar refractivity (Wildman–Crippen MR) is 72.3 cm³/mol. The second-order valence-corrected chi connectivity index (χ2v) is 4.43. The lowest BCUT2D eigenvalue weighted by molar-refractivity contribution is -0.120. The predicted octanol–water partition coefficient (Wildman–Crippen LogP) is 0.718. The number of hydrogen-bond acceptors (Lipinski definition) is 5. The average molecular weight is 251 g/mol. The van der Waals surface area contributed by atoms with Gasteiger partial charge in [-0.1, -0.05) is 0 Å². The van der Waals surface area contributed by atoms with Crippen LogP contribution in [0.4, 0.5) is 11.6 Å². The molecule has 0 aliphatic carbocycles. The minimum atomic E-state index is -0.0262. The van der Waals surface area contributed by atoms with E-state index >= 15 is 0 Å². The Balaban J connectivity index is 2.79. The molecule has 6 nitrogen and oxygen atoms in total.